The number of fused-ring (bicyclic) bond motifs is 6. The fourth-order valence-corrected chi connectivity index (χ4v) is 5.35. The lowest BCUT2D eigenvalue weighted by atomic mass is 10.1. The second kappa shape index (κ2) is 4.36. The molecule has 0 atom stereocenters. The van der Waals surface area contributed by atoms with E-state index in [1.165, 1.54) is 31.2 Å². The number of hydrogen-bond acceptors (Lipinski definition) is 3. The standard InChI is InChI=1S/C17H13N2S2/c1-3-7-14-12(5-1)18-9-10-19-13-6-2-4-8-15(13)21-17(19)11-16(18)20-14/h1-5,7,9-11H,6,8H2/q+1. The first kappa shape index (κ1) is 11.8. The Kier molecular flexibility index (Phi) is 2.45. The minimum absolute atomic E-state index is 1.04. The third kappa shape index (κ3) is 1.69. The van der Waals surface area contributed by atoms with Crippen LogP contribution in [0.1, 0.15) is 15.6 Å². The van der Waals surface area contributed by atoms with Crippen LogP contribution in [0.5, 0.6) is 0 Å². The summed E-state index contributed by atoms with van der Waals surface area (Å²) in [6.45, 7) is 0. The number of nitrogens with zero attached hydrogens (tertiary/aromatic N) is 2. The number of aromatic nitrogens is 1. The molecule has 102 valence electrons. The Hall–Kier alpha value is -1.78. The highest BCUT2D eigenvalue weighted by atomic mass is 32.2. The van der Waals surface area contributed by atoms with Gasteiger partial charge in [0, 0.05) is 11.3 Å². The van der Waals surface area contributed by atoms with Crippen LogP contribution in [0, 0.1) is 0 Å². The van der Waals surface area contributed by atoms with Crippen molar-refractivity contribution in [3.05, 3.63) is 63.2 Å². The number of hydrogen-bond donors (Lipinski definition) is 0. The lowest BCUT2D eigenvalue weighted by molar-refractivity contribution is -0.573. The number of allylic oxidation sites excluding steroid dienone is 2. The lowest BCUT2D eigenvalue weighted by Gasteiger charge is -2.11. The van der Waals surface area contributed by atoms with Gasteiger partial charge in [-0.1, -0.05) is 47.4 Å². The molecule has 0 spiro atoms. The highest BCUT2D eigenvalue weighted by Gasteiger charge is 2.31. The molecule has 3 heterocycles. The Balaban J connectivity index is 1.67. The average molecular weight is 309 g/mol. The van der Waals surface area contributed by atoms with Gasteiger partial charge in [-0.05, 0) is 12.1 Å². The van der Waals surface area contributed by atoms with Gasteiger partial charge < -0.3 is 4.90 Å². The minimum Gasteiger partial charge on any atom is -0.304 e. The zero-order chi connectivity index (χ0) is 13.8. The highest BCUT2D eigenvalue weighted by molar-refractivity contribution is 8.04. The fraction of sp³-hybridized carbons (Fsp3) is 0.118. The summed E-state index contributed by atoms with van der Waals surface area (Å²) in [4.78, 5) is 5.14. The van der Waals surface area contributed by atoms with Gasteiger partial charge in [-0.3, -0.25) is 0 Å². The summed E-state index contributed by atoms with van der Waals surface area (Å²) in [6.07, 6.45) is 13.4. The Labute approximate surface area is 131 Å². The Morgan fingerprint density at radius 2 is 2.00 bits per heavy atom. The first-order valence-electron chi connectivity index (χ1n) is 7.07. The summed E-state index contributed by atoms with van der Waals surface area (Å²) in [5.74, 6) is 0. The van der Waals surface area contributed by atoms with Gasteiger partial charge in [0.1, 0.15) is 0 Å². The van der Waals surface area contributed by atoms with E-state index in [-0.39, 0.29) is 0 Å². The first-order chi connectivity index (χ1) is 10.4. The van der Waals surface area contributed by atoms with Crippen LogP contribution in [-0.4, -0.2) is 0 Å². The van der Waals surface area contributed by atoms with Crippen LogP contribution in [0.3, 0.4) is 0 Å². The summed E-state index contributed by atoms with van der Waals surface area (Å²) in [6, 6.07) is 8.60. The topological polar surface area (TPSA) is 7.12 Å². The maximum absolute atomic E-state index is 2.36. The van der Waals surface area contributed by atoms with Gasteiger partial charge in [0.05, 0.1) is 34.3 Å². The number of thioether (sulfide) groups is 1. The predicted molar refractivity (Wildman–Crippen MR) is 89.1 cm³/mol. The molecule has 1 aromatic carbocycles. The Bertz CT molecular complexity index is 842. The van der Waals surface area contributed by atoms with Crippen molar-refractivity contribution in [1.29, 1.82) is 0 Å². The van der Waals surface area contributed by atoms with E-state index in [0.29, 0.717) is 0 Å². The molecular formula is C17H13N2S2+. The van der Waals surface area contributed by atoms with Gasteiger partial charge in [0.15, 0.2) is 6.20 Å². The number of rotatable bonds is 0. The van der Waals surface area contributed by atoms with E-state index in [9.17, 15) is 0 Å². The van der Waals surface area contributed by atoms with Crippen LogP contribution in [-0.2, 0) is 12.8 Å². The Morgan fingerprint density at radius 3 is 3.00 bits per heavy atom. The normalized spacial score (nSPS) is 17.7. The van der Waals surface area contributed by atoms with Crippen LogP contribution in [0.2, 0.25) is 0 Å². The van der Waals surface area contributed by atoms with Crippen molar-refractivity contribution >= 4 is 41.1 Å². The molecule has 0 N–H and O–H groups in total. The summed E-state index contributed by atoms with van der Waals surface area (Å²) in [7, 11) is 0. The van der Waals surface area contributed by atoms with Gasteiger partial charge in [-0.25, -0.2) is 0 Å². The van der Waals surface area contributed by atoms with Crippen molar-refractivity contribution in [3.63, 3.8) is 0 Å². The number of thiazole rings is 1. The van der Waals surface area contributed by atoms with Crippen LogP contribution in [0.4, 0.5) is 5.69 Å². The summed E-state index contributed by atoms with van der Waals surface area (Å²) in [5.41, 5.74) is 2.74. The molecule has 0 amide bonds. The average Bonchev–Trinajstić information content (AvgIpc) is 2.98. The molecule has 0 saturated heterocycles. The molecule has 5 rings (SSSR count). The molecule has 0 bridgehead atoms. The van der Waals surface area contributed by atoms with E-state index >= 15 is 0 Å². The maximum atomic E-state index is 2.36. The molecule has 2 nitrogen and oxygen atoms in total. The SMILES string of the molecule is C1=CCc2c(sc3[n+]2C=CN2C(=C3)Sc3ccccc32)C1. The van der Waals surface area contributed by atoms with E-state index < -0.39 is 0 Å². The van der Waals surface area contributed by atoms with Crippen molar-refractivity contribution in [2.75, 3.05) is 4.90 Å². The first-order valence-corrected chi connectivity index (χ1v) is 8.71. The van der Waals surface area contributed by atoms with Crippen molar-refractivity contribution in [2.45, 2.75) is 17.7 Å². The Morgan fingerprint density at radius 1 is 1.10 bits per heavy atom. The van der Waals surface area contributed by atoms with Gasteiger partial charge >= 0.3 is 0 Å². The van der Waals surface area contributed by atoms with Gasteiger partial charge in [0.25, 0.3) is 5.01 Å². The van der Waals surface area contributed by atoms with E-state index in [2.05, 4.69) is 64.4 Å². The zero-order valence-electron chi connectivity index (χ0n) is 11.3. The van der Waals surface area contributed by atoms with Crippen LogP contribution in [0.25, 0.3) is 12.3 Å². The molecule has 0 fully saturated rings. The van der Waals surface area contributed by atoms with Crippen molar-refractivity contribution < 1.29 is 4.57 Å². The van der Waals surface area contributed by atoms with E-state index in [0.717, 1.165) is 12.8 Å². The second-order valence-corrected chi connectivity index (χ2v) is 7.46. The largest absolute Gasteiger partial charge is 0.304 e. The molecule has 4 heteroatoms. The van der Waals surface area contributed by atoms with E-state index in [4.69, 9.17) is 0 Å². The summed E-state index contributed by atoms with van der Waals surface area (Å²) < 4.78 is 2.36. The molecule has 0 unspecified atom stereocenters. The van der Waals surface area contributed by atoms with E-state index in [1.54, 1.807) is 0 Å². The molecule has 1 aliphatic carbocycles. The second-order valence-electron chi connectivity index (χ2n) is 5.28. The fourth-order valence-electron chi connectivity index (χ4n) is 3.04. The number of benzene rings is 1. The van der Waals surface area contributed by atoms with Gasteiger partial charge in [-0.15, -0.1) is 0 Å². The minimum atomic E-state index is 1.04. The maximum Gasteiger partial charge on any atom is 0.270 e. The monoisotopic (exact) mass is 309 g/mol. The summed E-state index contributed by atoms with van der Waals surface area (Å²) >= 11 is 3.78. The van der Waals surface area contributed by atoms with Crippen LogP contribution < -0.4 is 9.47 Å². The smallest absolute Gasteiger partial charge is 0.270 e. The lowest BCUT2D eigenvalue weighted by Crippen LogP contribution is -2.32. The third-order valence-electron chi connectivity index (χ3n) is 4.05. The third-order valence-corrected chi connectivity index (χ3v) is 6.31. The van der Waals surface area contributed by atoms with Gasteiger partial charge in [0.2, 0.25) is 5.69 Å². The highest BCUT2D eigenvalue weighted by Crippen LogP contribution is 2.47. The molecule has 21 heavy (non-hydrogen) atoms. The van der Waals surface area contributed by atoms with Crippen molar-refractivity contribution in [1.82, 2.24) is 0 Å². The summed E-state index contributed by atoms with van der Waals surface area (Å²) in [5, 5.41) is 2.63. The van der Waals surface area contributed by atoms with Gasteiger partial charge in [-0.2, -0.15) is 4.57 Å². The molecule has 0 radical (unpaired) electrons. The molecular weight excluding hydrogens is 296 g/mol. The molecule has 0 saturated carbocycles. The van der Waals surface area contributed by atoms with Crippen molar-refractivity contribution in [3.8, 4) is 0 Å². The number of para-hydroxylation sites is 1. The zero-order valence-corrected chi connectivity index (χ0v) is 13.0. The molecule has 1 aromatic heterocycles. The number of anilines is 1. The quantitative estimate of drug-likeness (QED) is 0.535. The molecule has 2 aliphatic heterocycles. The van der Waals surface area contributed by atoms with Crippen LogP contribution >= 0.6 is 23.1 Å². The van der Waals surface area contributed by atoms with E-state index in [1.807, 2.05) is 23.1 Å². The molecule has 2 aromatic rings. The van der Waals surface area contributed by atoms with Crippen molar-refractivity contribution in [2.24, 2.45) is 0 Å². The van der Waals surface area contributed by atoms with Crippen LogP contribution in [0.15, 0.2) is 52.5 Å². The predicted octanol–water partition coefficient (Wildman–Crippen LogP) is 4.04. The molecule has 3 aliphatic rings.